The zero-order valence-electron chi connectivity index (χ0n) is 5.53. The molecule has 1 atom stereocenters. The van der Waals surface area contributed by atoms with Gasteiger partial charge >= 0.3 is 0 Å². The Balaban J connectivity index is 4.06. The van der Waals surface area contributed by atoms with Crippen molar-refractivity contribution < 1.29 is 22.5 Å². The molecule has 0 rings (SSSR count). The van der Waals surface area contributed by atoms with Gasteiger partial charge in [-0.2, -0.15) is 8.42 Å². The molecule has 0 aliphatic heterocycles. The molecule has 60 valence electrons. The highest BCUT2D eigenvalue weighted by Gasteiger charge is 2.09. The predicted octanol–water partition coefficient (Wildman–Crippen LogP) is -1.90. The SMILES string of the molecule is CC(OS(C)(=O)=O)C(=O)[O-]. The zero-order chi connectivity index (χ0) is 8.36. The molecular weight excluding hydrogens is 160 g/mol. The van der Waals surface area contributed by atoms with Crippen LogP contribution in [0.1, 0.15) is 6.92 Å². The highest BCUT2D eigenvalue weighted by atomic mass is 32.2. The molecule has 0 aromatic heterocycles. The molecule has 0 aliphatic carbocycles. The maximum Gasteiger partial charge on any atom is 0.265 e. The summed E-state index contributed by atoms with van der Waals surface area (Å²) in [4.78, 5) is 9.88. The maximum absolute atomic E-state index is 10.2. The van der Waals surface area contributed by atoms with Crippen LogP contribution in [0.4, 0.5) is 0 Å². The monoisotopic (exact) mass is 167 g/mol. The van der Waals surface area contributed by atoms with Crippen LogP contribution in [0.25, 0.3) is 0 Å². The van der Waals surface area contributed by atoms with Crippen LogP contribution in [-0.2, 0) is 19.1 Å². The number of carbonyl (C=O) groups excluding carboxylic acids is 1. The minimum atomic E-state index is -3.69. The number of rotatable bonds is 3. The fourth-order valence-corrected chi connectivity index (χ4v) is 0.904. The Morgan fingerprint density at radius 1 is 1.60 bits per heavy atom. The number of carboxylic acids is 1. The van der Waals surface area contributed by atoms with Crippen molar-refractivity contribution in [1.82, 2.24) is 0 Å². The second-order valence-corrected chi connectivity index (χ2v) is 3.36. The van der Waals surface area contributed by atoms with Crippen molar-refractivity contribution in [3.05, 3.63) is 0 Å². The van der Waals surface area contributed by atoms with Crippen molar-refractivity contribution in [2.24, 2.45) is 0 Å². The fraction of sp³-hybridized carbons (Fsp3) is 0.750. The predicted molar refractivity (Wildman–Crippen MR) is 30.4 cm³/mol. The van der Waals surface area contributed by atoms with Crippen LogP contribution in [0, 0.1) is 0 Å². The molecule has 10 heavy (non-hydrogen) atoms. The highest BCUT2D eigenvalue weighted by molar-refractivity contribution is 7.86. The van der Waals surface area contributed by atoms with E-state index in [2.05, 4.69) is 4.18 Å². The molecule has 6 heteroatoms. The van der Waals surface area contributed by atoms with E-state index >= 15 is 0 Å². The first-order chi connectivity index (χ1) is 4.33. The van der Waals surface area contributed by atoms with E-state index in [1.54, 1.807) is 0 Å². The van der Waals surface area contributed by atoms with Crippen molar-refractivity contribution in [2.45, 2.75) is 13.0 Å². The van der Waals surface area contributed by atoms with Crippen molar-refractivity contribution in [3.63, 3.8) is 0 Å². The van der Waals surface area contributed by atoms with Gasteiger partial charge in [-0.1, -0.05) is 0 Å². The average molecular weight is 167 g/mol. The number of carboxylic acid groups (broad SMARTS) is 1. The lowest BCUT2D eigenvalue weighted by Gasteiger charge is -2.10. The van der Waals surface area contributed by atoms with Crippen molar-refractivity contribution in [1.29, 1.82) is 0 Å². The van der Waals surface area contributed by atoms with Gasteiger partial charge in [0.05, 0.1) is 12.2 Å². The van der Waals surface area contributed by atoms with E-state index < -0.39 is 22.2 Å². The largest absolute Gasteiger partial charge is 0.547 e. The standard InChI is InChI=1S/C4H8O5S/c1-3(4(5)6)9-10(2,7)8/h3H,1-2H3,(H,5,6)/p-1. The molecule has 5 nitrogen and oxygen atoms in total. The lowest BCUT2D eigenvalue weighted by atomic mass is 10.4. The molecule has 0 aliphatic rings. The Kier molecular flexibility index (Phi) is 2.79. The van der Waals surface area contributed by atoms with E-state index in [0.717, 1.165) is 13.2 Å². The third kappa shape index (κ3) is 4.28. The maximum atomic E-state index is 10.2. The molecular formula is C4H7O5S-. The van der Waals surface area contributed by atoms with Crippen molar-refractivity contribution in [2.75, 3.05) is 6.26 Å². The van der Waals surface area contributed by atoms with Gasteiger partial charge in [0, 0.05) is 0 Å². The summed E-state index contributed by atoms with van der Waals surface area (Å²) in [5.41, 5.74) is 0. The van der Waals surface area contributed by atoms with E-state index in [0.29, 0.717) is 0 Å². The molecule has 0 heterocycles. The Bertz CT molecular complexity index is 216. The van der Waals surface area contributed by atoms with Crippen LogP contribution in [-0.4, -0.2) is 26.7 Å². The number of hydrogen-bond donors (Lipinski definition) is 0. The third-order valence-electron chi connectivity index (χ3n) is 0.651. The van der Waals surface area contributed by atoms with Gasteiger partial charge in [-0.25, -0.2) is 0 Å². The van der Waals surface area contributed by atoms with Gasteiger partial charge < -0.3 is 9.90 Å². The van der Waals surface area contributed by atoms with Gasteiger partial charge in [0.15, 0.2) is 0 Å². The number of aliphatic carboxylic acids is 1. The van der Waals surface area contributed by atoms with Gasteiger partial charge in [0.25, 0.3) is 10.1 Å². The Labute approximate surface area is 58.7 Å². The smallest absolute Gasteiger partial charge is 0.265 e. The van der Waals surface area contributed by atoms with E-state index in [4.69, 9.17) is 0 Å². The first-order valence-corrected chi connectivity index (χ1v) is 4.23. The first-order valence-electron chi connectivity index (χ1n) is 2.42. The molecule has 1 unspecified atom stereocenters. The molecule has 0 bridgehead atoms. The highest BCUT2D eigenvalue weighted by Crippen LogP contribution is 1.94. The van der Waals surface area contributed by atoms with Gasteiger partial charge in [-0.3, -0.25) is 4.18 Å². The quantitative estimate of drug-likeness (QED) is 0.458. The van der Waals surface area contributed by atoms with E-state index in [1.165, 1.54) is 0 Å². The average Bonchev–Trinajstić information content (AvgIpc) is 1.60. The van der Waals surface area contributed by atoms with Crippen molar-refractivity contribution >= 4 is 16.1 Å². The second kappa shape index (κ2) is 2.98. The lowest BCUT2D eigenvalue weighted by molar-refractivity contribution is -0.312. The summed E-state index contributed by atoms with van der Waals surface area (Å²) in [6.45, 7) is 1.08. The van der Waals surface area contributed by atoms with Crippen LogP contribution >= 0.6 is 0 Å². The minimum absolute atomic E-state index is 0.770. The molecule has 0 saturated carbocycles. The third-order valence-corrected chi connectivity index (χ3v) is 1.29. The zero-order valence-corrected chi connectivity index (χ0v) is 6.34. The van der Waals surface area contributed by atoms with Gasteiger partial charge in [0.1, 0.15) is 6.10 Å². The topological polar surface area (TPSA) is 83.5 Å². The summed E-state index contributed by atoms with van der Waals surface area (Å²) in [7, 11) is -3.69. The molecule has 0 N–H and O–H groups in total. The van der Waals surface area contributed by atoms with Crippen LogP contribution in [0.15, 0.2) is 0 Å². The van der Waals surface area contributed by atoms with E-state index in [1.807, 2.05) is 0 Å². The second-order valence-electron chi connectivity index (χ2n) is 1.76. The summed E-state index contributed by atoms with van der Waals surface area (Å²) in [5.74, 6) is -1.55. The summed E-state index contributed by atoms with van der Waals surface area (Å²) in [6, 6.07) is 0. The summed E-state index contributed by atoms with van der Waals surface area (Å²) in [6.07, 6.45) is -0.651. The molecule has 0 amide bonds. The Morgan fingerprint density at radius 2 is 2.00 bits per heavy atom. The summed E-state index contributed by atoms with van der Waals surface area (Å²) in [5, 5.41) is 9.88. The molecule has 0 aromatic carbocycles. The van der Waals surface area contributed by atoms with E-state index in [9.17, 15) is 18.3 Å². The molecule has 0 fully saturated rings. The van der Waals surface area contributed by atoms with Crippen LogP contribution in [0.5, 0.6) is 0 Å². The van der Waals surface area contributed by atoms with Crippen LogP contribution in [0.3, 0.4) is 0 Å². The Morgan fingerprint density at radius 3 is 2.10 bits per heavy atom. The van der Waals surface area contributed by atoms with E-state index in [-0.39, 0.29) is 0 Å². The first kappa shape index (κ1) is 9.38. The molecule has 0 saturated heterocycles. The van der Waals surface area contributed by atoms with Gasteiger partial charge in [0.2, 0.25) is 0 Å². The number of hydrogen-bond acceptors (Lipinski definition) is 5. The minimum Gasteiger partial charge on any atom is -0.547 e. The van der Waals surface area contributed by atoms with Gasteiger partial charge in [-0.15, -0.1) is 0 Å². The fourth-order valence-electron chi connectivity index (χ4n) is 0.301. The summed E-state index contributed by atoms with van der Waals surface area (Å²) >= 11 is 0. The number of carbonyl (C=O) groups is 1. The van der Waals surface area contributed by atoms with Crippen molar-refractivity contribution in [3.8, 4) is 0 Å². The molecule has 0 spiro atoms. The normalized spacial score (nSPS) is 14.6. The molecule has 0 radical (unpaired) electrons. The molecule has 0 aromatic rings. The Hall–Kier alpha value is -0.620. The van der Waals surface area contributed by atoms with Crippen LogP contribution in [0.2, 0.25) is 0 Å². The van der Waals surface area contributed by atoms with Gasteiger partial charge in [-0.05, 0) is 6.92 Å². The lowest BCUT2D eigenvalue weighted by Crippen LogP contribution is -2.36. The summed E-state index contributed by atoms with van der Waals surface area (Å²) < 4.78 is 24.5. The van der Waals surface area contributed by atoms with Crippen LogP contribution < -0.4 is 5.11 Å².